The molecule has 1 amide bonds. The number of sulfone groups is 1. The summed E-state index contributed by atoms with van der Waals surface area (Å²) in [5.74, 6) is -1.23. The Morgan fingerprint density at radius 3 is 2.59 bits per heavy atom. The summed E-state index contributed by atoms with van der Waals surface area (Å²) in [5.41, 5.74) is 0.209. The largest absolute Gasteiger partial charge is 0.481 e. The first-order valence-electron chi connectivity index (χ1n) is 7.21. The molecule has 3 rings (SSSR count). The van der Waals surface area contributed by atoms with Crippen LogP contribution in [0.3, 0.4) is 0 Å². The minimum atomic E-state index is -3.25. The van der Waals surface area contributed by atoms with E-state index in [0.717, 1.165) is 12.0 Å². The zero-order valence-corrected chi connectivity index (χ0v) is 12.8. The van der Waals surface area contributed by atoms with E-state index in [4.69, 9.17) is 0 Å². The van der Waals surface area contributed by atoms with Crippen molar-refractivity contribution in [2.24, 2.45) is 5.41 Å². The summed E-state index contributed by atoms with van der Waals surface area (Å²) in [6.07, 6.45) is 2.25. The quantitative estimate of drug-likeness (QED) is 0.876. The number of carbonyl (C=O) groups is 2. The number of anilines is 1. The van der Waals surface area contributed by atoms with Gasteiger partial charge in [0.1, 0.15) is 0 Å². The van der Waals surface area contributed by atoms with E-state index in [-0.39, 0.29) is 17.1 Å². The Bertz CT molecular complexity index is 749. The maximum absolute atomic E-state index is 12.1. The number of carbonyl (C=O) groups excluding carboxylic acids is 1. The molecule has 1 aromatic rings. The van der Waals surface area contributed by atoms with Gasteiger partial charge in [-0.2, -0.15) is 0 Å². The summed E-state index contributed by atoms with van der Waals surface area (Å²) in [5, 5.41) is 11.9. The number of nitrogens with one attached hydrogen (secondary N) is 1. The maximum atomic E-state index is 12.1. The summed E-state index contributed by atoms with van der Waals surface area (Å²) in [4.78, 5) is 23.6. The Balaban J connectivity index is 1.74. The topological polar surface area (TPSA) is 101 Å². The van der Waals surface area contributed by atoms with E-state index in [1.807, 2.05) is 0 Å². The van der Waals surface area contributed by atoms with Crippen molar-refractivity contribution in [3.05, 3.63) is 23.8 Å². The van der Waals surface area contributed by atoms with E-state index in [1.54, 1.807) is 12.1 Å². The van der Waals surface area contributed by atoms with Crippen molar-refractivity contribution in [3.63, 3.8) is 0 Å². The number of carboxylic acid groups (broad SMARTS) is 1. The molecule has 7 heteroatoms. The first-order chi connectivity index (χ1) is 10.3. The second-order valence-corrected chi connectivity index (χ2v) is 8.13. The van der Waals surface area contributed by atoms with Crippen LogP contribution in [-0.4, -0.2) is 31.2 Å². The lowest BCUT2D eigenvalue weighted by Gasteiger charge is -2.36. The molecule has 118 valence electrons. The van der Waals surface area contributed by atoms with Gasteiger partial charge in [0, 0.05) is 12.1 Å². The highest BCUT2D eigenvalue weighted by molar-refractivity contribution is 7.91. The smallest absolute Gasteiger partial charge is 0.310 e. The van der Waals surface area contributed by atoms with Gasteiger partial charge in [-0.1, -0.05) is 12.5 Å². The number of rotatable bonds is 4. The van der Waals surface area contributed by atoms with Crippen LogP contribution in [0.5, 0.6) is 0 Å². The van der Waals surface area contributed by atoms with Gasteiger partial charge < -0.3 is 10.4 Å². The van der Waals surface area contributed by atoms with E-state index < -0.39 is 27.1 Å². The molecule has 2 N–H and O–H groups in total. The third kappa shape index (κ3) is 2.49. The second-order valence-electron chi connectivity index (χ2n) is 6.06. The van der Waals surface area contributed by atoms with Crippen LogP contribution in [0.4, 0.5) is 5.69 Å². The third-order valence-electron chi connectivity index (χ3n) is 4.59. The average molecular weight is 323 g/mol. The molecule has 22 heavy (non-hydrogen) atoms. The molecule has 0 aromatic heterocycles. The Kier molecular flexibility index (Phi) is 3.47. The summed E-state index contributed by atoms with van der Waals surface area (Å²) in [6, 6.07) is 4.82. The highest BCUT2D eigenvalue weighted by Crippen LogP contribution is 2.44. The number of aliphatic carboxylic acids is 1. The first kappa shape index (κ1) is 15.0. The fraction of sp³-hybridized carbons (Fsp3) is 0.467. The maximum Gasteiger partial charge on any atom is 0.310 e. The fourth-order valence-corrected chi connectivity index (χ4v) is 4.65. The van der Waals surface area contributed by atoms with E-state index in [1.165, 1.54) is 6.07 Å². The number of hydrogen-bond acceptors (Lipinski definition) is 4. The lowest BCUT2D eigenvalue weighted by atomic mass is 9.66. The minimum absolute atomic E-state index is 0.0772. The Labute approximate surface area is 128 Å². The van der Waals surface area contributed by atoms with Crippen LogP contribution in [0.25, 0.3) is 0 Å². The molecule has 1 aliphatic heterocycles. The van der Waals surface area contributed by atoms with Crippen molar-refractivity contribution in [1.82, 2.24) is 0 Å². The molecule has 1 fully saturated rings. The summed E-state index contributed by atoms with van der Waals surface area (Å²) in [7, 11) is -3.25. The van der Waals surface area contributed by atoms with Crippen LogP contribution in [-0.2, 0) is 25.8 Å². The van der Waals surface area contributed by atoms with Gasteiger partial charge in [-0.25, -0.2) is 8.42 Å². The van der Waals surface area contributed by atoms with E-state index in [2.05, 4.69) is 5.32 Å². The molecule has 1 heterocycles. The van der Waals surface area contributed by atoms with Crippen molar-refractivity contribution >= 4 is 27.4 Å². The van der Waals surface area contributed by atoms with Crippen molar-refractivity contribution in [1.29, 1.82) is 0 Å². The number of carboxylic acids is 1. The van der Waals surface area contributed by atoms with Gasteiger partial charge in [-0.15, -0.1) is 0 Å². The van der Waals surface area contributed by atoms with Crippen molar-refractivity contribution in [2.75, 3.05) is 11.1 Å². The molecule has 0 unspecified atom stereocenters. The van der Waals surface area contributed by atoms with Crippen LogP contribution in [0.2, 0.25) is 0 Å². The Morgan fingerprint density at radius 1 is 1.27 bits per heavy atom. The normalized spacial score (nSPS) is 20.7. The number of amides is 1. The van der Waals surface area contributed by atoms with Gasteiger partial charge >= 0.3 is 5.97 Å². The zero-order valence-electron chi connectivity index (χ0n) is 12.0. The predicted molar refractivity (Wildman–Crippen MR) is 79.4 cm³/mol. The standard InChI is InChI=1S/C15H17NO5S/c17-13(9-15(14(18)19)5-1-6-15)16-11-3-2-10-4-7-22(20,21)12(10)8-11/h2-3,8H,1,4-7,9H2,(H,16,17)(H,18,19). The average Bonchev–Trinajstić information content (AvgIpc) is 2.69. The van der Waals surface area contributed by atoms with Gasteiger partial charge in [0.2, 0.25) is 5.91 Å². The molecule has 2 aliphatic rings. The summed E-state index contributed by atoms with van der Waals surface area (Å²) >= 11 is 0. The van der Waals surface area contributed by atoms with Crippen molar-refractivity contribution in [3.8, 4) is 0 Å². The van der Waals surface area contributed by atoms with Crippen LogP contribution < -0.4 is 5.32 Å². The summed E-state index contributed by atoms with van der Waals surface area (Å²) < 4.78 is 23.7. The lowest BCUT2D eigenvalue weighted by Crippen LogP contribution is -2.41. The van der Waals surface area contributed by atoms with Crippen LogP contribution in [0.1, 0.15) is 31.2 Å². The highest BCUT2D eigenvalue weighted by atomic mass is 32.2. The molecule has 0 atom stereocenters. The highest BCUT2D eigenvalue weighted by Gasteiger charge is 2.45. The zero-order chi connectivity index (χ0) is 16.0. The molecular formula is C15H17NO5S. The van der Waals surface area contributed by atoms with E-state index >= 15 is 0 Å². The van der Waals surface area contributed by atoms with Crippen LogP contribution in [0, 0.1) is 5.41 Å². The molecule has 6 nitrogen and oxygen atoms in total. The SMILES string of the molecule is O=C(CC1(C(=O)O)CCC1)Nc1ccc2c(c1)S(=O)(=O)CC2. The molecule has 0 spiro atoms. The molecule has 1 aromatic carbocycles. The minimum Gasteiger partial charge on any atom is -0.481 e. The second kappa shape index (κ2) is 5.08. The molecule has 0 bridgehead atoms. The van der Waals surface area contributed by atoms with Gasteiger partial charge in [0.25, 0.3) is 0 Å². The van der Waals surface area contributed by atoms with E-state index in [0.29, 0.717) is 24.9 Å². The third-order valence-corrected chi connectivity index (χ3v) is 6.38. The monoisotopic (exact) mass is 323 g/mol. The molecule has 0 saturated heterocycles. The van der Waals surface area contributed by atoms with Crippen LogP contribution >= 0.6 is 0 Å². The van der Waals surface area contributed by atoms with Crippen LogP contribution in [0.15, 0.2) is 23.1 Å². The Morgan fingerprint density at radius 2 is 2.00 bits per heavy atom. The van der Waals surface area contributed by atoms with E-state index in [9.17, 15) is 23.1 Å². The summed E-state index contributed by atoms with van der Waals surface area (Å²) in [6.45, 7) is 0. The fourth-order valence-electron chi connectivity index (χ4n) is 3.06. The van der Waals surface area contributed by atoms with Crippen molar-refractivity contribution < 1.29 is 23.1 Å². The number of aryl methyl sites for hydroxylation is 1. The predicted octanol–water partition coefficient (Wildman–Crippen LogP) is 1.60. The van der Waals surface area contributed by atoms with Crippen molar-refractivity contribution in [2.45, 2.75) is 37.0 Å². The Hall–Kier alpha value is -1.89. The number of fused-ring (bicyclic) bond motifs is 1. The molecule has 1 aliphatic carbocycles. The van der Waals surface area contributed by atoms with Gasteiger partial charge in [-0.05, 0) is 37.0 Å². The first-order valence-corrected chi connectivity index (χ1v) is 8.87. The van der Waals surface area contributed by atoms with Gasteiger partial charge in [0.05, 0.1) is 16.1 Å². The number of benzene rings is 1. The number of hydrogen-bond donors (Lipinski definition) is 2. The molecule has 1 saturated carbocycles. The lowest BCUT2D eigenvalue weighted by molar-refractivity contribution is -0.157. The molecule has 0 radical (unpaired) electrons. The van der Waals surface area contributed by atoms with Gasteiger partial charge in [-0.3, -0.25) is 9.59 Å². The molecular weight excluding hydrogens is 306 g/mol. The van der Waals surface area contributed by atoms with Gasteiger partial charge in [0.15, 0.2) is 9.84 Å².